The molecule has 0 amide bonds. The number of fused-ring (bicyclic) bond motifs is 3. The van der Waals surface area contributed by atoms with Gasteiger partial charge in [0.05, 0.1) is 63.4 Å². The second-order valence-electron chi connectivity index (χ2n) is 15.0. The average molecular weight is 858 g/mol. The molecule has 9 nitrogen and oxygen atoms in total. The summed E-state index contributed by atoms with van der Waals surface area (Å²) in [6.07, 6.45) is 5.30. The normalized spacial score (nSPS) is 14.3. The van der Waals surface area contributed by atoms with Gasteiger partial charge in [-0.15, -0.1) is 0 Å². The lowest BCUT2D eigenvalue weighted by Crippen LogP contribution is -2.41. The Morgan fingerprint density at radius 1 is 0.508 bits per heavy atom. The number of phenols is 1. The van der Waals surface area contributed by atoms with E-state index in [0.29, 0.717) is 0 Å². The molecule has 0 saturated carbocycles. The van der Waals surface area contributed by atoms with Gasteiger partial charge in [0.25, 0.3) is 0 Å². The molecule has 1 N–H and O–H groups in total. The van der Waals surface area contributed by atoms with E-state index in [4.69, 9.17) is 9.31 Å². The second-order valence-corrected chi connectivity index (χ2v) is 15.9. The van der Waals surface area contributed by atoms with Gasteiger partial charge in [0.2, 0.25) is 0 Å². The second kappa shape index (κ2) is 15.9. The summed E-state index contributed by atoms with van der Waals surface area (Å²) in [6, 6.07) is 35.6. The van der Waals surface area contributed by atoms with Crippen LogP contribution in [0, 0.1) is 17.5 Å². The lowest BCUT2D eigenvalue weighted by atomic mass is 9.79. The first-order valence-electron chi connectivity index (χ1n) is 18.7. The van der Waals surface area contributed by atoms with Crippen LogP contribution in [-0.4, -0.2) is 52.8 Å². The third-order valence-electron chi connectivity index (χ3n) is 10.4. The van der Waals surface area contributed by atoms with Crippen molar-refractivity contribution in [1.82, 2.24) is 29.3 Å². The Labute approximate surface area is 346 Å². The average Bonchev–Trinajstić information content (AvgIpc) is 3.99. The molecular formula is C45H37BBrF3N6O3. The fraction of sp³-hybridized carbons (Fsp3) is 0.133. The topological polar surface area (TPSA) is 92.2 Å². The Hall–Kier alpha value is -6.22. The highest BCUT2D eigenvalue weighted by molar-refractivity contribution is 9.10. The summed E-state index contributed by atoms with van der Waals surface area (Å²) < 4.78 is 57.4. The molecule has 1 saturated heterocycles. The van der Waals surface area contributed by atoms with Crippen LogP contribution >= 0.6 is 15.9 Å². The van der Waals surface area contributed by atoms with E-state index in [1.165, 1.54) is 36.4 Å². The zero-order chi connectivity index (χ0) is 41.5. The van der Waals surface area contributed by atoms with Gasteiger partial charge in [-0.2, -0.15) is 15.3 Å². The molecule has 0 aliphatic carbocycles. The maximum Gasteiger partial charge on any atom is 0.494 e. The van der Waals surface area contributed by atoms with Gasteiger partial charge in [-0.3, -0.25) is 0 Å². The highest BCUT2D eigenvalue weighted by atomic mass is 79.9. The molecule has 14 heteroatoms. The summed E-state index contributed by atoms with van der Waals surface area (Å²) in [6.45, 7) is 8.14. The quantitative estimate of drug-likeness (QED) is 0.177. The first-order valence-corrected chi connectivity index (χ1v) is 19.5. The molecule has 0 spiro atoms. The molecule has 9 aromatic rings. The van der Waals surface area contributed by atoms with E-state index in [-0.39, 0.29) is 34.4 Å². The number of phenolic OH excluding ortho intramolecular Hbond substituents is 1. The van der Waals surface area contributed by atoms with Gasteiger partial charge in [-0.05, 0) is 136 Å². The van der Waals surface area contributed by atoms with Crippen LogP contribution in [0.15, 0.2) is 150 Å². The van der Waals surface area contributed by atoms with Crippen molar-refractivity contribution >= 4 is 61.2 Å². The van der Waals surface area contributed by atoms with Crippen molar-refractivity contribution in [2.45, 2.75) is 38.9 Å². The molecule has 0 radical (unpaired) electrons. The van der Waals surface area contributed by atoms with Crippen LogP contribution in [0.2, 0.25) is 0 Å². The van der Waals surface area contributed by atoms with E-state index in [9.17, 15) is 18.3 Å². The molecule has 1 fully saturated rings. The van der Waals surface area contributed by atoms with Crippen molar-refractivity contribution in [3.05, 3.63) is 168 Å². The number of hydrogen-bond donors (Lipinski definition) is 1. The molecular weight excluding hydrogens is 820 g/mol. The highest BCUT2D eigenvalue weighted by Crippen LogP contribution is 2.37. The summed E-state index contributed by atoms with van der Waals surface area (Å²) in [4.78, 5) is 0. The van der Waals surface area contributed by atoms with Crippen molar-refractivity contribution in [2.75, 3.05) is 0 Å². The molecule has 6 aromatic carbocycles. The number of nitrogens with zero attached hydrogens (tertiary/aromatic N) is 6. The fourth-order valence-corrected chi connectivity index (χ4v) is 6.87. The predicted molar refractivity (Wildman–Crippen MR) is 228 cm³/mol. The maximum atomic E-state index is 13.2. The van der Waals surface area contributed by atoms with E-state index in [1.807, 2.05) is 64.1 Å². The van der Waals surface area contributed by atoms with Gasteiger partial charge in [-0.25, -0.2) is 27.2 Å². The van der Waals surface area contributed by atoms with Crippen LogP contribution in [0.4, 0.5) is 13.2 Å². The van der Waals surface area contributed by atoms with E-state index >= 15 is 0 Å². The number of benzene rings is 6. The third-order valence-corrected chi connectivity index (χ3v) is 10.9. The minimum atomic E-state index is -0.425. The SMILES string of the molecule is CC1(C)OB(c2ccc3cnn(-c4ccc(F)cc4)c3c2)OC1(C)C.Fc1ccc(-n2ncc3ccc(Br)cc32)cc1.Oc1ccc2cnn(-c3ccc(F)cc3)c2c1. The lowest BCUT2D eigenvalue weighted by Gasteiger charge is -2.32. The summed E-state index contributed by atoms with van der Waals surface area (Å²) in [5, 5.41) is 25.4. The number of aromatic hydroxyl groups is 1. The van der Waals surface area contributed by atoms with Crippen molar-refractivity contribution in [3.63, 3.8) is 0 Å². The maximum absolute atomic E-state index is 13.2. The van der Waals surface area contributed by atoms with Crippen molar-refractivity contribution < 1.29 is 27.6 Å². The molecule has 3 aromatic heterocycles. The van der Waals surface area contributed by atoms with Crippen LogP contribution in [0.1, 0.15) is 27.7 Å². The molecule has 0 unspecified atom stereocenters. The molecule has 0 bridgehead atoms. The van der Waals surface area contributed by atoms with Gasteiger partial charge in [0.1, 0.15) is 23.2 Å². The monoisotopic (exact) mass is 856 g/mol. The van der Waals surface area contributed by atoms with E-state index < -0.39 is 7.12 Å². The third kappa shape index (κ3) is 8.24. The Kier molecular flexibility index (Phi) is 10.6. The van der Waals surface area contributed by atoms with Crippen molar-refractivity contribution in [1.29, 1.82) is 0 Å². The molecule has 59 heavy (non-hydrogen) atoms. The van der Waals surface area contributed by atoms with E-state index in [2.05, 4.69) is 31.2 Å². The summed E-state index contributed by atoms with van der Waals surface area (Å²) >= 11 is 3.43. The largest absolute Gasteiger partial charge is 0.508 e. The van der Waals surface area contributed by atoms with E-state index in [0.717, 1.165) is 59.7 Å². The smallest absolute Gasteiger partial charge is 0.494 e. The molecule has 1 aliphatic heterocycles. The van der Waals surface area contributed by atoms with Gasteiger partial charge in [-0.1, -0.05) is 34.1 Å². The summed E-state index contributed by atoms with van der Waals surface area (Å²) in [7, 11) is -0.425. The minimum Gasteiger partial charge on any atom is -0.508 e. The number of hydrogen-bond acceptors (Lipinski definition) is 6. The lowest BCUT2D eigenvalue weighted by molar-refractivity contribution is 0.00578. The van der Waals surface area contributed by atoms with Crippen LogP contribution in [0.3, 0.4) is 0 Å². The van der Waals surface area contributed by atoms with Crippen molar-refractivity contribution in [2.24, 2.45) is 0 Å². The van der Waals surface area contributed by atoms with Crippen LogP contribution in [-0.2, 0) is 9.31 Å². The predicted octanol–water partition coefficient (Wildman–Crippen LogP) is 10.3. The molecule has 1 aliphatic rings. The van der Waals surface area contributed by atoms with Crippen LogP contribution in [0.5, 0.6) is 5.75 Å². The molecule has 296 valence electrons. The fourth-order valence-electron chi connectivity index (χ4n) is 6.52. The van der Waals surface area contributed by atoms with Gasteiger partial charge < -0.3 is 14.4 Å². The Morgan fingerprint density at radius 3 is 1.32 bits per heavy atom. The Bertz CT molecular complexity index is 2780. The Balaban J connectivity index is 0.000000127. The van der Waals surface area contributed by atoms with Gasteiger partial charge >= 0.3 is 7.12 Å². The van der Waals surface area contributed by atoms with Gasteiger partial charge in [0, 0.05) is 26.7 Å². The summed E-state index contributed by atoms with van der Waals surface area (Å²) in [5.74, 6) is -0.612. The van der Waals surface area contributed by atoms with Crippen LogP contribution < -0.4 is 5.46 Å². The first kappa shape index (κ1) is 39.6. The van der Waals surface area contributed by atoms with Crippen LogP contribution in [0.25, 0.3) is 49.8 Å². The Morgan fingerprint density at radius 2 is 0.881 bits per heavy atom. The number of halogens is 4. The summed E-state index contributed by atoms with van der Waals surface area (Å²) in [5.41, 5.74) is 5.29. The zero-order valence-corrected chi connectivity index (χ0v) is 34.0. The van der Waals surface area contributed by atoms with Gasteiger partial charge in [0.15, 0.2) is 0 Å². The zero-order valence-electron chi connectivity index (χ0n) is 32.4. The highest BCUT2D eigenvalue weighted by Gasteiger charge is 2.51. The molecule has 0 atom stereocenters. The number of aromatic nitrogens is 6. The number of rotatable bonds is 4. The van der Waals surface area contributed by atoms with E-state index in [1.54, 1.807) is 87.2 Å². The minimum absolute atomic E-state index is 0.182. The molecule has 4 heterocycles. The first-order chi connectivity index (χ1) is 28.2. The standard InChI is InChI=1S/C19H20BFN2O2.C13H8BrFN2.C13H9FN2O/c1-18(2)19(3,4)25-20(24-18)14-6-5-13-12-22-23(17(13)11-14)16-9-7-15(21)8-10-16;14-10-2-1-9-8-16-17(13(9)7-10)12-5-3-11(15)4-6-12;14-10-2-4-11(5-3-10)16-13-7-12(17)6-1-9(13)8-15-16/h5-12H,1-4H3;1-8H;1-8,17H. The molecule has 10 rings (SSSR count). The van der Waals surface area contributed by atoms with Crippen molar-refractivity contribution in [3.8, 4) is 22.8 Å².